The summed E-state index contributed by atoms with van der Waals surface area (Å²) in [5, 5.41) is 15.7. The third-order valence-corrected chi connectivity index (χ3v) is 4.43. The summed E-state index contributed by atoms with van der Waals surface area (Å²) in [5.41, 5.74) is 2.32. The van der Waals surface area contributed by atoms with Crippen LogP contribution in [0.5, 0.6) is 0 Å². The second-order valence-electron chi connectivity index (χ2n) is 5.38. The number of benzene rings is 2. The van der Waals surface area contributed by atoms with Gasteiger partial charge in [0.15, 0.2) is 0 Å². The number of carboxylic acids is 1. The number of nitrogens with zero attached hydrogens (tertiary/aromatic N) is 2. The van der Waals surface area contributed by atoms with Crippen LogP contribution in [-0.2, 0) is 6.42 Å². The van der Waals surface area contributed by atoms with Crippen LogP contribution < -0.4 is 0 Å². The molecule has 0 aliphatic rings. The first kappa shape index (κ1) is 17.8. The standard InChI is InChI=1S/C18H13Cl3N2O2/c1-2-15-16(18(24)25)17(10-7-12(20)9-13(21)8-10)22-23(15)14-5-3-11(19)4-6-14/h3-9H,2H2,1H3,(H,24,25). The normalized spacial score (nSPS) is 10.9. The molecule has 0 unspecified atom stereocenters. The molecule has 2 aromatic carbocycles. The van der Waals surface area contributed by atoms with E-state index in [2.05, 4.69) is 5.10 Å². The third kappa shape index (κ3) is 3.52. The van der Waals surface area contributed by atoms with Crippen molar-refractivity contribution >= 4 is 40.8 Å². The predicted molar refractivity (Wildman–Crippen MR) is 100 cm³/mol. The van der Waals surface area contributed by atoms with Crippen LogP contribution in [0.15, 0.2) is 42.5 Å². The molecule has 1 aromatic heterocycles. The highest BCUT2D eigenvalue weighted by atomic mass is 35.5. The zero-order chi connectivity index (χ0) is 18.1. The van der Waals surface area contributed by atoms with Gasteiger partial charge in [-0.05, 0) is 48.9 Å². The van der Waals surface area contributed by atoms with Gasteiger partial charge in [0.05, 0.1) is 11.4 Å². The van der Waals surface area contributed by atoms with Crippen molar-refractivity contribution in [1.82, 2.24) is 9.78 Å². The van der Waals surface area contributed by atoms with Crippen LogP contribution in [0.25, 0.3) is 16.9 Å². The van der Waals surface area contributed by atoms with Gasteiger partial charge in [-0.1, -0.05) is 41.7 Å². The predicted octanol–water partition coefficient (Wildman–Crippen LogP) is 5.76. The second kappa shape index (κ2) is 7.08. The number of halogens is 3. The lowest BCUT2D eigenvalue weighted by molar-refractivity contribution is 0.0696. The SMILES string of the molecule is CCc1c(C(=O)O)c(-c2cc(Cl)cc(Cl)c2)nn1-c1ccc(Cl)cc1. The van der Waals surface area contributed by atoms with Gasteiger partial charge in [-0.3, -0.25) is 0 Å². The van der Waals surface area contributed by atoms with E-state index in [-0.39, 0.29) is 5.56 Å². The third-order valence-electron chi connectivity index (χ3n) is 3.74. The van der Waals surface area contributed by atoms with Crippen molar-refractivity contribution in [2.45, 2.75) is 13.3 Å². The first-order chi connectivity index (χ1) is 11.9. The lowest BCUT2D eigenvalue weighted by Gasteiger charge is -2.06. The highest BCUT2D eigenvalue weighted by Gasteiger charge is 2.24. The van der Waals surface area contributed by atoms with Crippen molar-refractivity contribution in [3.63, 3.8) is 0 Å². The van der Waals surface area contributed by atoms with Gasteiger partial charge in [0.1, 0.15) is 11.3 Å². The molecular formula is C18H13Cl3N2O2. The quantitative estimate of drug-likeness (QED) is 0.611. The lowest BCUT2D eigenvalue weighted by atomic mass is 10.0. The summed E-state index contributed by atoms with van der Waals surface area (Å²) >= 11 is 18.1. The van der Waals surface area contributed by atoms with Crippen LogP contribution in [0.1, 0.15) is 23.0 Å². The first-order valence-electron chi connectivity index (χ1n) is 7.48. The Morgan fingerprint density at radius 1 is 1.04 bits per heavy atom. The van der Waals surface area contributed by atoms with Crippen LogP contribution in [0, 0.1) is 0 Å². The molecule has 0 amide bonds. The highest BCUT2D eigenvalue weighted by Crippen LogP contribution is 2.32. The average molecular weight is 396 g/mol. The van der Waals surface area contributed by atoms with E-state index in [4.69, 9.17) is 34.8 Å². The molecule has 1 heterocycles. The molecule has 3 aromatic rings. The number of rotatable bonds is 4. The van der Waals surface area contributed by atoms with Crippen LogP contribution >= 0.6 is 34.8 Å². The van der Waals surface area contributed by atoms with E-state index in [9.17, 15) is 9.90 Å². The fourth-order valence-corrected chi connectivity index (χ4v) is 3.34. The summed E-state index contributed by atoms with van der Waals surface area (Å²) < 4.78 is 1.62. The molecule has 0 bridgehead atoms. The van der Waals surface area contributed by atoms with Crippen LogP contribution in [0.2, 0.25) is 15.1 Å². The molecule has 7 heteroatoms. The van der Waals surface area contributed by atoms with Gasteiger partial charge in [0.2, 0.25) is 0 Å². The van der Waals surface area contributed by atoms with Gasteiger partial charge in [-0.15, -0.1) is 0 Å². The summed E-state index contributed by atoms with van der Waals surface area (Å²) in [7, 11) is 0. The Labute approximate surface area is 159 Å². The van der Waals surface area contributed by atoms with Crippen LogP contribution in [-0.4, -0.2) is 20.9 Å². The van der Waals surface area contributed by atoms with Crippen LogP contribution in [0.4, 0.5) is 0 Å². The number of aromatic nitrogens is 2. The Bertz CT molecular complexity index is 929. The molecule has 0 atom stereocenters. The zero-order valence-corrected chi connectivity index (χ0v) is 15.4. The fraction of sp³-hybridized carbons (Fsp3) is 0.111. The summed E-state index contributed by atoms with van der Waals surface area (Å²) in [6.07, 6.45) is 0.492. The van der Waals surface area contributed by atoms with Crippen molar-refractivity contribution in [1.29, 1.82) is 0 Å². The minimum atomic E-state index is -1.05. The Morgan fingerprint density at radius 2 is 1.64 bits per heavy atom. The van der Waals surface area contributed by atoms with E-state index >= 15 is 0 Å². The van der Waals surface area contributed by atoms with E-state index in [1.54, 1.807) is 47.1 Å². The van der Waals surface area contributed by atoms with Crippen molar-refractivity contribution in [3.8, 4) is 16.9 Å². The molecule has 0 fully saturated rings. The molecule has 25 heavy (non-hydrogen) atoms. The van der Waals surface area contributed by atoms with Crippen molar-refractivity contribution < 1.29 is 9.90 Å². The minimum absolute atomic E-state index is 0.135. The molecule has 0 aliphatic heterocycles. The van der Waals surface area contributed by atoms with Crippen LogP contribution in [0.3, 0.4) is 0 Å². The summed E-state index contributed by atoms with van der Waals surface area (Å²) in [4.78, 5) is 11.9. The van der Waals surface area contributed by atoms with Gasteiger partial charge >= 0.3 is 5.97 Å². The van der Waals surface area contributed by atoms with E-state index in [0.717, 1.165) is 5.69 Å². The Morgan fingerprint density at radius 3 is 2.16 bits per heavy atom. The molecule has 0 saturated heterocycles. The Kier molecular flexibility index (Phi) is 5.04. The second-order valence-corrected chi connectivity index (χ2v) is 6.68. The Balaban J connectivity index is 2.28. The highest BCUT2D eigenvalue weighted by molar-refractivity contribution is 6.35. The fourth-order valence-electron chi connectivity index (χ4n) is 2.69. The number of carboxylic acid groups (broad SMARTS) is 1. The molecule has 0 aliphatic carbocycles. The Hall–Kier alpha value is -2.01. The average Bonchev–Trinajstić information content (AvgIpc) is 2.94. The zero-order valence-electron chi connectivity index (χ0n) is 13.1. The number of hydrogen-bond acceptors (Lipinski definition) is 2. The molecule has 1 N–H and O–H groups in total. The van der Waals surface area contributed by atoms with Gasteiger partial charge in [-0.25, -0.2) is 9.48 Å². The molecule has 0 spiro atoms. The van der Waals surface area contributed by atoms with Gasteiger partial charge in [-0.2, -0.15) is 5.10 Å². The maximum absolute atomic E-state index is 11.9. The molecular weight excluding hydrogens is 383 g/mol. The molecule has 128 valence electrons. The molecule has 4 nitrogen and oxygen atoms in total. The van der Waals surface area contributed by atoms with E-state index in [1.807, 2.05) is 6.92 Å². The first-order valence-corrected chi connectivity index (χ1v) is 8.61. The van der Waals surface area contributed by atoms with Crippen molar-refractivity contribution in [3.05, 3.63) is 68.8 Å². The minimum Gasteiger partial charge on any atom is -0.478 e. The van der Waals surface area contributed by atoms with Crippen molar-refractivity contribution in [2.75, 3.05) is 0 Å². The van der Waals surface area contributed by atoms with Crippen molar-refractivity contribution in [2.24, 2.45) is 0 Å². The van der Waals surface area contributed by atoms with E-state index < -0.39 is 5.97 Å². The largest absolute Gasteiger partial charge is 0.478 e. The summed E-state index contributed by atoms with van der Waals surface area (Å²) in [5.74, 6) is -1.05. The maximum Gasteiger partial charge on any atom is 0.339 e. The van der Waals surface area contributed by atoms with Gasteiger partial charge < -0.3 is 5.11 Å². The molecule has 0 saturated carbocycles. The molecule has 3 rings (SSSR count). The smallest absolute Gasteiger partial charge is 0.339 e. The number of carbonyl (C=O) groups is 1. The van der Waals surface area contributed by atoms with Gasteiger partial charge in [0, 0.05) is 20.6 Å². The summed E-state index contributed by atoms with van der Waals surface area (Å²) in [6.45, 7) is 1.88. The number of hydrogen-bond donors (Lipinski definition) is 1. The van der Waals surface area contributed by atoms with E-state index in [1.165, 1.54) is 0 Å². The number of aromatic carboxylic acids is 1. The monoisotopic (exact) mass is 394 g/mol. The van der Waals surface area contributed by atoms with E-state index in [0.29, 0.717) is 38.4 Å². The van der Waals surface area contributed by atoms with Gasteiger partial charge in [0.25, 0.3) is 0 Å². The maximum atomic E-state index is 11.9. The topological polar surface area (TPSA) is 55.1 Å². The lowest BCUT2D eigenvalue weighted by Crippen LogP contribution is -2.05. The summed E-state index contributed by atoms with van der Waals surface area (Å²) in [6, 6.07) is 11.9. The molecule has 0 radical (unpaired) electrons.